The van der Waals surface area contributed by atoms with Gasteiger partial charge in [-0.1, -0.05) is 19.9 Å². The van der Waals surface area contributed by atoms with Gasteiger partial charge in [0.1, 0.15) is 37.1 Å². The maximum Gasteiger partial charge on any atom is 0.212 e. The topological polar surface area (TPSA) is 109 Å². The molecule has 1 atom stereocenters. The summed E-state index contributed by atoms with van der Waals surface area (Å²) in [5.41, 5.74) is 3.22. The van der Waals surface area contributed by atoms with E-state index < -0.39 is 0 Å². The number of rotatable bonds is 5. The lowest BCUT2D eigenvalue weighted by molar-refractivity contribution is 0.171. The van der Waals surface area contributed by atoms with E-state index in [0.29, 0.717) is 30.2 Å². The third kappa shape index (κ3) is 3.44. The molecule has 8 nitrogen and oxygen atoms in total. The number of nitrogens with one attached hydrogen (secondary N) is 2. The first kappa shape index (κ1) is 19.0. The van der Waals surface area contributed by atoms with E-state index in [4.69, 9.17) is 13.9 Å². The van der Waals surface area contributed by atoms with Gasteiger partial charge in [0.15, 0.2) is 11.5 Å². The van der Waals surface area contributed by atoms with Gasteiger partial charge in [-0.25, -0.2) is 9.97 Å². The van der Waals surface area contributed by atoms with Gasteiger partial charge in [0.25, 0.3) is 0 Å². The summed E-state index contributed by atoms with van der Waals surface area (Å²) in [6.07, 6.45) is 3.02. The highest BCUT2D eigenvalue weighted by molar-refractivity contribution is 5.92. The van der Waals surface area contributed by atoms with Gasteiger partial charge in [0, 0.05) is 0 Å². The predicted molar refractivity (Wildman–Crippen MR) is 115 cm³/mol. The maximum atomic E-state index is 9.27. The molecule has 156 valence electrons. The van der Waals surface area contributed by atoms with Crippen LogP contribution in [0.3, 0.4) is 0 Å². The van der Waals surface area contributed by atoms with E-state index in [1.807, 2.05) is 18.2 Å². The zero-order chi connectivity index (χ0) is 21.4. The molecular formula is C23H21N5O3. The molecule has 0 saturated carbocycles. The lowest BCUT2D eigenvalue weighted by atomic mass is 9.95. The van der Waals surface area contributed by atoms with Crippen molar-refractivity contribution in [1.82, 2.24) is 15.0 Å². The van der Waals surface area contributed by atoms with E-state index in [2.05, 4.69) is 46.3 Å². The summed E-state index contributed by atoms with van der Waals surface area (Å²) in [5.74, 6) is 2.78. The van der Waals surface area contributed by atoms with Crippen LogP contribution < -0.4 is 14.8 Å². The van der Waals surface area contributed by atoms with E-state index in [9.17, 15) is 5.26 Å². The second-order valence-corrected chi connectivity index (χ2v) is 7.71. The number of hydrogen-bond acceptors (Lipinski definition) is 7. The van der Waals surface area contributed by atoms with E-state index in [1.54, 1.807) is 6.07 Å². The Kier molecular flexibility index (Phi) is 4.71. The van der Waals surface area contributed by atoms with Crippen molar-refractivity contribution in [3.8, 4) is 28.8 Å². The molecule has 0 saturated heterocycles. The van der Waals surface area contributed by atoms with Crippen molar-refractivity contribution in [3.63, 3.8) is 0 Å². The Morgan fingerprint density at radius 2 is 1.94 bits per heavy atom. The van der Waals surface area contributed by atoms with Gasteiger partial charge >= 0.3 is 0 Å². The molecule has 3 aromatic heterocycles. The van der Waals surface area contributed by atoms with Crippen LogP contribution in [0.15, 0.2) is 47.3 Å². The minimum Gasteiger partial charge on any atom is -0.486 e. The van der Waals surface area contributed by atoms with E-state index in [-0.39, 0.29) is 17.7 Å². The molecule has 0 unspecified atom stereocenters. The van der Waals surface area contributed by atoms with Crippen LogP contribution in [0, 0.1) is 17.2 Å². The second-order valence-electron chi connectivity index (χ2n) is 7.71. The lowest BCUT2D eigenvalue weighted by Crippen LogP contribution is -2.19. The third-order valence-electron chi connectivity index (χ3n) is 5.37. The van der Waals surface area contributed by atoms with E-state index >= 15 is 0 Å². The minimum absolute atomic E-state index is 0.00382. The molecule has 0 radical (unpaired) electrons. The Balaban J connectivity index is 1.52. The predicted octanol–water partition coefficient (Wildman–Crippen LogP) is 4.67. The molecule has 0 bridgehead atoms. The highest BCUT2D eigenvalue weighted by Gasteiger charge is 2.22. The Morgan fingerprint density at radius 3 is 2.74 bits per heavy atom. The fourth-order valence-electron chi connectivity index (χ4n) is 3.84. The van der Waals surface area contributed by atoms with Crippen LogP contribution in [-0.2, 0) is 0 Å². The summed E-state index contributed by atoms with van der Waals surface area (Å²) in [6.45, 7) is 5.42. The van der Waals surface area contributed by atoms with Crippen molar-refractivity contribution in [2.75, 3.05) is 18.5 Å². The molecule has 1 aliphatic heterocycles. The van der Waals surface area contributed by atoms with Crippen LogP contribution >= 0.6 is 0 Å². The lowest BCUT2D eigenvalue weighted by Gasteiger charge is -2.26. The fraction of sp³-hybridized carbons (Fsp3) is 0.261. The molecular weight excluding hydrogens is 394 g/mol. The van der Waals surface area contributed by atoms with Gasteiger partial charge < -0.3 is 24.2 Å². The Morgan fingerprint density at radius 1 is 1.10 bits per heavy atom. The maximum absolute atomic E-state index is 9.27. The molecule has 0 amide bonds. The smallest absolute Gasteiger partial charge is 0.212 e. The molecule has 2 N–H and O–H groups in total. The monoisotopic (exact) mass is 415 g/mol. The highest BCUT2D eigenvalue weighted by Crippen LogP contribution is 2.37. The number of H-pyrrole nitrogens is 1. The molecule has 4 heterocycles. The number of ether oxygens (including phenoxy) is 2. The SMILES string of the molecule is CC(C)[C@@H](Nc1ncnc2[nH]c(-c3ccoc3C#N)cc12)c1ccc2c(c1)OCCO2. The first-order valence-corrected chi connectivity index (χ1v) is 10.1. The summed E-state index contributed by atoms with van der Waals surface area (Å²) in [5, 5.41) is 13.7. The Labute approximate surface area is 178 Å². The van der Waals surface area contributed by atoms with Crippen molar-refractivity contribution in [2.45, 2.75) is 19.9 Å². The number of aromatic amines is 1. The van der Waals surface area contributed by atoms with Gasteiger partial charge in [0.2, 0.25) is 5.76 Å². The van der Waals surface area contributed by atoms with E-state index in [1.165, 1.54) is 12.6 Å². The molecule has 1 aromatic carbocycles. The number of benzene rings is 1. The van der Waals surface area contributed by atoms with Crippen LogP contribution in [0.5, 0.6) is 11.5 Å². The number of nitrogens with zero attached hydrogens (tertiary/aromatic N) is 3. The van der Waals surface area contributed by atoms with Gasteiger partial charge in [-0.3, -0.25) is 0 Å². The molecule has 8 heteroatoms. The number of hydrogen-bond donors (Lipinski definition) is 2. The van der Waals surface area contributed by atoms with Crippen molar-refractivity contribution < 1.29 is 13.9 Å². The Hall–Kier alpha value is -3.99. The molecule has 1 aliphatic rings. The average molecular weight is 415 g/mol. The second kappa shape index (κ2) is 7.69. The standard InChI is InChI=1S/C23H21N5O3/c1-13(2)21(14-3-4-18-19(9-14)31-8-7-30-18)28-23-16-10-17(27-22(16)25-12-26-23)15-5-6-29-20(15)11-24/h3-6,9-10,12-13,21H,7-8H2,1-2H3,(H2,25,26,27,28)/t21-/m1/s1. The van der Waals surface area contributed by atoms with Crippen molar-refractivity contribution >= 4 is 16.9 Å². The number of fused-ring (bicyclic) bond motifs is 2. The molecule has 0 spiro atoms. The van der Waals surface area contributed by atoms with Gasteiger partial charge in [-0.2, -0.15) is 5.26 Å². The van der Waals surface area contributed by atoms with Gasteiger partial charge in [0.05, 0.1) is 28.9 Å². The Bertz CT molecular complexity index is 1280. The summed E-state index contributed by atoms with van der Waals surface area (Å²) in [4.78, 5) is 12.1. The first-order valence-electron chi connectivity index (χ1n) is 10.1. The summed E-state index contributed by atoms with van der Waals surface area (Å²) < 4.78 is 16.7. The van der Waals surface area contributed by atoms with Gasteiger partial charge in [-0.05, 0) is 35.7 Å². The first-order chi connectivity index (χ1) is 15.1. The molecule has 0 fully saturated rings. The molecule has 4 aromatic rings. The van der Waals surface area contributed by atoms with Crippen LogP contribution in [-0.4, -0.2) is 28.2 Å². The molecule has 31 heavy (non-hydrogen) atoms. The number of furan rings is 1. The zero-order valence-electron chi connectivity index (χ0n) is 17.2. The molecule has 0 aliphatic carbocycles. The molecule has 5 rings (SSSR count). The van der Waals surface area contributed by atoms with Crippen molar-refractivity contribution in [2.24, 2.45) is 5.92 Å². The fourth-order valence-corrected chi connectivity index (χ4v) is 3.84. The zero-order valence-corrected chi connectivity index (χ0v) is 17.2. The summed E-state index contributed by atoms with van der Waals surface area (Å²) >= 11 is 0. The van der Waals surface area contributed by atoms with Crippen LogP contribution in [0.2, 0.25) is 0 Å². The van der Waals surface area contributed by atoms with Crippen LogP contribution in [0.25, 0.3) is 22.3 Å². The number of anilines is 1. The van der Waals surface area contributed by atoms with Gasteiger partial charge in [-0.15, -0.1) is 0 Å². The van der Waals surface area contributed by atoms with Crippen LogP contribution in [0.4, 0.5) is 5.82 Å². The highest BCUT2D eigenvalue weighted by atomic mass is 16.6. The largest absolute Gasteiger partial charge is 0.486 e. The normalized spacial score (nSPS) is 13.9. The quantitative estimate of drug-likeness (QED) is 0.487. The summed E-state index contributed by atoms with van der Waals surface area (Å²) in [7, 11) is 0. The summed E-state index contributed by atoms with van der Waals surface area (Å²) in [6, 6.07) is 11.8. The third-order valence-corrected chi connectivity index (χ3v) is 5.37. The minimum atomic E-state index is -0.00382. The number of nitriles is 1. The average Bonchev–Trinajstić information content (AvgIpc) is 3.43. The number of aromatic nitrogens is 3. The van der Waals surface area contributed by atoms with E-state index in [0.717, 1.165) is 28.1 Å². The van der Waals surface area contributed by atoms with Crippen molar-refractivity contribution in [1.29, 1.82) is 5.26 Å². The van der Waals surface area contributed by atoms with Crippen LogP contribution in [0.1, 0.15) is 31.2 Å². The van der Waals surface area contributed by atoms with Crippen molar-refractivity contribution in [3.05, 3.63) is 54.2 Å².